The van der Waals surface area contributed by atoms with Crippen LogP contribution in [0.15, 0.2) is 138 Å². The highest BCUT2D eigenvalue weighted by Gasteiger charge is 2.20. The van der Waals surface area contributed by atoms with Gasteiger partial charge in [0.15, 0.2) is 0 Å². The van der Waals surface area contributed by atoms with Gasteiger partial charge in [-0.3, -0.25) is 29.8 Å². The number of aryl methyl sites for hydroxylation is 2. The van der Waals surface area contributed by atoms with Crippen LogP contribution < -0.4 is 16.4 Å². The quantitative estimate of drug-likeness (QED) is 0.0944. The number of nitrogens with one attached hydrogen (secondary N) is 3. The Morgan fingerprint density at radius 2 is 0.959 bits per heavy atom. The number of aromatic amines is 2. The molecular weight excluding hydrogens is 746 g/mol. The summed E-state index contributed by atoms with van der Waals surface area (Å²) < 4.78 is 4.98. The fraction of sp³-hybridized carbons (Fsp3) is 0.158. The maximum Gasteiger partial charge on any atom is 0.280 e. The highest BCUT2D eigenvalue weighted by molar-refractivity contribution is 9.10. The van der Waals surface area contributed by atoms with Gasteiger partial charge in [-0.2, -0.15) is 0 Å². The molecule has 0 saturated carbocycles. The van der Waals surface area contributed by atoms with Gasteiger partial charge in [0.25, 0.3) is 11.1 Å². The molecule has 0 aliphatic carbocycles. The monoisotopic (exact) mass is 779 g/mol. The van der Waals surface area contributed by atoms with Crippen molar-refractivity contribution in [2.45, 2.75) is 13.8 Å². The van der Waals surface area contributed by atoms with Gasteiger partial charge in [0.2, 0.25) is 0 Å². The lowest BCUT2D eigenvalue weighted by Gasteiger charge is -2.08. The molecule has 9 nitrogen and oxygen atoms in total. The van der Waals surface area contributed by atoms with Gasteiger partial charge < -0.3 is 5.32 Å². The molecular formula is C38H35Br2N7O2. The number of aromatic nitrogens is 4. The standard InChI is InChI=1S/C38H35Br2N7O2/c1-25-33(37(48)46(44-25)31-17-13-29(39)14-18-31)35(27-9-5-3-6-10-27)42-23-21-41-22-24-43-36(28-11-7-4-8-12-28)34-26(2)45-47(38(34)49)32-19-15-30(40)16-20-32/h3-20,41,44-45H,21-24H2,1-2H3. The summed E-state index contributed by atoms with van der Waals surface area (Å²) in [6.07, 6.45) is 0. The van der Waals surface area contributed by atoms with Crippen LogP contribution in [-0.2, 0) is 0 Å². The summed E-state index contributed by atoms with van der Waals surface area (Å²) in [5.74, 6) is 0. The van der Waals surface area contributed by atoms with Gasteiger partial charge in [-0.1, -0.05) is 92.5 Å². The summed E-state index contributed by atoms with van der Waals surface area (Å²) in [5.41, 5.74) is 6.78. The minimum atomic E-state index is -0.155. The van der Waals surface area contributed by atoms with Crippen LogP contribution in [0.2, 0.25) is 0 Å². The second-order valence-corrected chi connectivity index (χ2v) is 13.2. The maximum atomic E-state index is 13.7. The Bertz CT molecular complexity index is 2050. The summed E-state index contributed by atoms with van der Waals surface area (Å²) in [5, 5.41) is 9.88. The van der Waals surface area contributed by atoms with Crippen LogP contribution in [0.5, 0.6) is 0 Å². The Morgan fingerprint density at radius 3 is 1.33 bits per heavy atom. The third-order valence-electron chi connectivity index (χ3n) is 8.00. The smallest absolute Gasteiger partial charge is 0.280 e. The number of nitrogens with zero attached hydrogens (tertiary/aromatic N) is 4. The third-order valence-corrected chi connectivity index (χ3v) is 9.05. The zero-order valence-corrected chi connectivity index (χ0v) is 30.3. The fourth-order valence-electron chi connectivity index (χ4n) is 5.63. The van der Waals surface area contributed by atoms with Crippen LogP contribution >= 0.6 is 31.9 Å². The Labute approximate surface area is 300 Å². The van der Waals surface area contributed by atoms with Crippen molar-refractivity contribution in [3.05, 3.63) is 172 Å². The third kappa shape index (κ3) is 7.75. The molecule has 0 fully saturated rings. The summed E-state index contributed by atoms with van der Waals surface area (Å²) in [7, 11) is 0. The number of H-pyrrole nitrogens is 2. The molecule has 2 heterocycles. The first kappa shape index (κ1) is 34.0. The number of rotatable bonds is 12. The van der Waals surface area contributed by atoms with Crippen molar-refractivity contribution in [1.29, 1.82) is 0 Å². The molecule has 11 heteroatoms. The van der Waals surface area contributed by atoms with Crippen molar-refractivity contribution in [2.24, 2.45) is 9.98 Å². The largest absolute Gasteiger partial charge is 0.313 e. The van der Waals surface area contributed by atoms with Crippen LogP contribution in [0.25, 0.3) is 11.4 Å². The lowest BCUT2D eigenvalue weighted by atomic mass is 10.0. The van der Waals surface area contributed by atoms with E-state index in [4.69, 9.17) is 9.98 Å². The van der Waals surface area contributed by atoms with Gasteiger partial charge in [-0.25, -0.2) is 9.36 Å². The van der Waals surface area contributed by atoms with Crippen molar-refractivity contribution >= 4 is 43.3 Å². The SMILES string of the molecule is Cc1[nH]n(-c2ccc(Br)cc2)c(=O)c1C(=NCCNCCN=C(c1ccccc1)c1c(C)[nH]n(-c2ccc(Br)cc2)c1=O)c1ccccc1. The Morgan fingerprint density at radius 1 is 0.592 bits per heavy atom. The zero-order valence-electron chi connectivity index (χ0n) is 27.1. The minimum Gasteiger partial charge on any atom is -0.313 e. The normalized spacial score (nSPS) is 12.1. The van der Waals surface area contributed by atoms with E-state index < -0.39 is 0 Å². The molecule has 0 bridgehead atoms. The predicted octanol–water partition coefficient (Wildman–Crippen LogP) is 6.75. The molecule has 6 rings (SSSR count). The molecule has 49 heavy (non-hydrogen) atoms. The molecule has 0 amide bonds. The van der Waals surface area contributed by atoms with E-state index in [1.54, 1.807) is 9.36 Å². The van der Waals surface area contributed by atoms with E-state index in [2.05, 4.69) is 47.4 Å². The Kier molecular flexibility index (Phi) is 10.8. The van der Waals surface area contributed by atoms with Gasteiger partial charge in [0.1, 0.15) is 0 Å². The van der Waals surface area contributed by atoms with Gasteiger partial charge in [0.05, 0.1) is 47.0 Å². The average molecular weight is 782 g/mol. The van der Waals surface area contributed by atoms with E-state index >= 15 is 0 Å². The molecule has 6 aromatic rings. The topological polar surface area (TPSA) is 112 Å². The Hall–Kier alpha value is -4.84. The number of aliphatic imine (C=N–C) groups is 2. The van der Waals surface area contributed by atoms with Crippen molar-refractivity contribution in [1.82, 2.24) is 24.9 Å². The van der Waals surface area contributed by atoms with E-state index in [0.29, 0.717) is 48.7 Å². The van der Waals surface area contributed by atoms with E-state index in [1.165, 1.54) is 0 Å². The molecule has 248 valence electrons. The number of halogens is 2. The molecule has 0 saturated heterocycles. The first-order valence-corrected chi connectivity index (χ1v) is 17.5. The molecule has 0 aliphatic rings. The van der Waals surface area contributed by atoms with Crippen LogP contribution in [0.4, 0.5) is 0 Å². The summed E-state index contributed by atoms with van der Waals surface area (Å²) in [6.45, 7) is 5.86. The summed E-state index contributed by atoms with van der Waals surface area (Å²) in [6, 6.07) is 34.7. The molecule has 0 aliphatic heterocycles. The van der Waals surface area contributed by atoms with E-state index in [1.807, 2.05) is 123 Å². The zero-order chi connectivity index (χ0) is 34.3. The number of hydrogen-bond acceptors (Lipinski definition) is 5. The minimum absolute atomic E-state index is 0.155. The maximum absolute atomic E-state index is 13.7. The molecule has 0 atom stereocenters. The van der Waals surface area contributed by atoms with Crippen molar-refractivity contribution in [3.63, 3.8) is 0 Å². The van der Waals surface area contributed by atoms with Crippen LogP contribution in [0, 0.1) is 13.8 Å². The van der Waals surface area contributed by atoms with Crippen LogP contribution in [0.3, 0.4) is 0 Å². The molecule has 0 unspecified atom stereocenters. The number of hydrogen-bond donors (Lipinski definition) is 3. The van der Waals surface area contributed by atoms with Gasteiger partial charge >= 0.3 is 0 Å². The molecule has 3 N–H and O–H groups in total. The van der Waals surface area contributed by atoms with Crippen molar-refractivity contribution in [3.8, 4) is 11.4 Å². The molecule has 2 aromatic heterocycles. The fourth-order valence-corrected chi connectivity index (χ4v) is 6.16. The van der Waals surface area contributed by atoms with E-state index in [0.717, 1.165) is 42.8 Å². The van der Waals surface area contributed by atoms with Crippen LogP contribution in [-0.4, -0.2) is 57.2 Å². The highest BCUT2D eigenvalue weighted by atomic mass is 79.9. The molecule has 0 radical (unpaired) electrons. The average Bonchev–Trinajstić information content (AvgIpc) is 3.58. The van der Waals surface area contributed by atoms with Crippen molar-refractivity contribution < 1.29 is 0 Å². The highest BCUT2D eigenvalue weighted by Crippen LogP contribution is 2.17. The summed E-state index contributed by atoms with van der Waals surface area (Å²) >= 11 is 6.92. The van der Waals surface area contributed by atoms with Gasteiger partial charge in [0, 0.05) is 44.5 Å². The van der Waals surface area contributed by atoms with E-state index in [-0.39, 0.29) is 11.1 Å². The van der Waals surface area contributed by atoms with Crippen LogP contribution in [0.1, 0.15) is 33.6 Å². The lowest BCUT2D eigenvalue weighted by molar-refractivity contribution is 0.697. The van der Waals surface area contributed by atoms with Gasteiger partial charge in [-0.05, 0) is 62.4 Å². The van der Waals surface area contributed by atoms with E-state index in [9.17, 15) is 9.59 Å². The second-order valence-electron chi connectivity index (χ2n) is 11.4. The molecule has 0 spiro atoms. The van der Waals surface area contributed by atoms with Gasteiger partial charge in [-0.15, -0.1) is 0 Å². The lowest BCUT2D eigenvalue weighted by Crippen LogP contribution is -2.25. The Balaban J connectivity index is 1.19. The predicted molar refractivity (Wildman–Crippen MR) is 204 cm³/mol. The first-order valence-electron chi connectivity index (χ1n) is 15.9. The molecule has 4 aromatic carbocycles. The second kappa shape index (κ2) is 15.6. The first-order chi connectivity index (χ1) is 23.8. The summed E-state index contributed by atoms with van der Waals surface area (Å²) in [4.78, 5) is 37.2. The van der Waals surface area contributed by atoms with Crippen molar-refractivity contribution in [2.75, 3.05) is 26.2 Å². The number of benzene rings is 4.